The van der Waals surface area contributed by atoms with Gasteiger partial charge in [-0.05, 0) is 37.3 Å². The fraction of sp³-hybridized carbons (Fsp3) is 0.474. The molecule has 8 nitrogen and oxygen atoms in total. The van der Waals surface area contributed by atoms with Gasteiger partial charge in [0.1, 0.15) is 17.6 Å². The van der Waals surface area contributed by atoms with Crippen LogP contribution in [0.1, 0.15) is 38.3 Å². The highest BCUT2D eigenvalue weighted by Crippen LogP contribution is 2.27. The van der Waals surface area contributed by atoms with E-state index in [0.717, 1.165) is 31.9 Å². The molecule has 1 amide bonds. The van der Waals surface area contributed by atoms with Crippen molar-refractivity contribution in [3.05, 3.63) is 24.0 Å². The van der Waals surface area contributed by atoms with Crippen molar-refractivity contribution < 1.29 is 13.2 Å². The van der Waals surface area contributed by atoms with E-state index < -0.39 is 9.84 Å². The van der Waals surface area contributed by atoms with Crippen LogP contribution in [0.2, 0.25) is 0 Å². The molecule has 2 heterocycles. The minimum Gasteiger partial charge on any atom is -0.370 e. The molecule has 1 unspecified atom stereocenters. The van der Waals surface area contributed by atoms with Gasteiger partial charge >= 0.3 is 0 Å². The van der Waals surface area contributed by atoms with Crippen LogP contribution in [0.15, 0.2) is 23.4 Å². The quantitative estimate of drug-likeness (QED) is 0.785. The first-order valence-electron chi connectivity index (χ1n) is 9.18. The Morgan fingerprint density at radius 1 is 1.36 bits per heavy atom. The van der Waals surface area contributed by atoms with Crippen molar-refractivity contribution in [1.82, 2.24) is 15.3 Å². The van der Waals surface area contributed by atoms with E-state index in [-0.39, 0.29) is 22.7 Å². The molecule has 3 rings (SSSR count). The van der Waals surface area contributed by atoms with E-state index in [1.54, 1.807) is 12.3 Å². The van der Waals surface area contributed by atoms with Crippen molar-refractivity contribution in [1.29, 1.82) is 5.26 Å². The maximum atomic E-state index is 12.1. The molecule has 0 saturated heterocycles. The molecule has 0 aromatic carbocycles. The molecule has 28 heavy (non-hydrogen) atoms. The summed E-state index contributed by atoms with van der Waals surface area (Å²) >= 11 is 0. The molecule has 2 aromatic rings. The topological polar surface area (TPSA) is 125 Å². The monoisotopic (exact) mass is 401 g/mol. The van der Waals surface area contributed by atoms with Crippen LogP contribution in [0.25, 0.3) is 10.8 Å². The molecule has 0 spiro atoms. The molecule has 1 fully saturated rings. The van der Waals surface area contributed by atoms with Crippen molar-refractivity contribution >= 4 is 32.3 Å². The molecule has 0 aliphatic heterocycles. The van der Waals surface area contributed by atoms with E-state index in [0.29, 0.717) is 29.1 Å². The zero-order valence-electron chi connectivity index (χ0n) is 15.9. The Balaban J connectivity index is 1.79. The number of fused-ring (bicyclic) bond motifs is 1. The molecule has 0 radical (unpaired) electrons. The summed E-state index contributed by atoms with van der Waals surface area (Å²) in [6, 6.07) is 5.27. The number of carbonyl (C=O) groups excluding carboxylic acids is 1. The second-order valence-corrected chi connectivity index (χ2v) is 9.23. The van der Waals surface area contributed by atoms with Crippen molar-refractivity contribution in [2.75, 3.05) is 18.1 Å². The number of nitrogens with one attached hydrogen (secondary N) is 2. The average molecular weight is 401 g/mol. The minimum atomic E-state index is -3.59. The number of hydrogen-bond donors (Lipinski definition) is 2. The summed E-state index contributed by atoms with van der Waals surface area (Å²) in [5, 5.41) is 16.2. The van der Waals surface area contributed by atoms with Gasteiger partial charge in [-0.3, -0.25) is 4.79 Å². The molecule has 1 aliphatic rings. The van der Waals surface area contributed by atoms with Crippen molar-refractivity contribution in [2.45, 2.75) is 43.7 Å². The Morgan fingerprint density at radius 2 is 2.14 bits per heavy atom. The van der Waals surface area contributed by atoms with Gasteiger partial charge in [-0.25, -0.2) is 18.4 Å². The average Bonchev–Trinajstić information content (AvgIpc) is 2.64. The van der Waals surface area contributed by atoms with Gasteiger partial charge in [0, 0.05) is 42.7 Å². The highest BCUT2D eigenvalue weighted by atomic mass is 32.2. The first kappa shape index (κ1) is 20.0. The van der Waals surface area contributed by atoms with E-state index in [2.05, 4.69) is 20.6 Å². The second-order valence-electron chi connectivity index (χ2n) is 7.30. The Hall–Kier alpha value is -2.73. The molecule has 9 heteroatoms. The molecular weight excluding hydrogens is 378 g/mol. The molecule has 2 aromatic heterocycles. The summed E-state index contributed by atoms with van der Waals surface area (Å²) in [6.07, 6.45) is 6.65. The Bertz CT molecular complexity index is 1050. The summed E-state index contributed by atoms with van der Waals surface area (Å²) < 4.78 is 24.2. The summed E-state index contributed by atoms with van der Waals surface area (Å²) in [5.74, 6) is 0.953. The lowest BCUT2D eigenvalue weighted by Gasteiger charge is -2.29. The van der Waals surface area contributed by atoms with Gasteiger partial charge in [0.2, 0.25) is 5.91 Å². The van der Waals surface area contributed by atoms with E-state index >= 15 is 0 Å². The Labute approximate surface area is 164 Å². The van der Waals surface area contributed by atoms with E-state index in [4.69, 9.17) is 5.26 Å². The van der Waals surface area contributed by atoms with Crippen LogP contribution in [0.3, 0.4) is 0 Å². The molecule has 2 atom stereocenters. The van der Waals surface area contributed by atoms with Crippen LogP contribution in [-0.4, -0.2) is 43.1 Å². The largest absolute Gasteiger partial charge is 0.370 e. The van der Waals surface area contributed by atoms with Crippen LogP contribution in [0, 0.1) is 17.2 Å². The highest BCUT2D eigenvalue weighted by molar-refractivity contribution is 7.90. The van der Waals surface area contributed by atoms with Gasteiger partial charge in [-0.2, -0.15) is 5.26 Å². The number of nitriles is 1. The molecule has 1 saturated carbocycles. The second kappa shape index (κ2) is 8.10. The molecular formula is C19H23N5O3S. The summed E-state index contributed by atoms with van der Waals surface area (Å²) in [6.45, 7) is 2.22. The molecule has 1 aliphatic carbocycles. The summed E-state index contributed by atoms with van der Waals surface area (Å²) in [5.41, 5.74) is 0.0432. The number of carbonyl (C=O) groups is 1. The van der Waals surface area contributed by atoms with E-state index in [9.17, 15) is 13.2 Å². The third kappa shape index (κ3) is 4.75. The lowest BCUT2D eigenvalue weighted by Crippen LogP contribution is -2.38. The lowest BCUT2D eigenvalue weighted by atomic mass is 9.85. The van der Waals surface area contributed by atoms with Crippen molar-refractivity contribution in [2.24, 2.45) is 5.92 Å². The number of hydrogen-bond acceptors (Lipinski definition) is 7. The normalized spacial score (nSPS) is 19.8. The predicted molar refractivity (Wildman–Crippen MR) is 105 cm³/mol. The van der Waals surface area contributed by atoms with E-state index in [1.165, 1.54) is 13.0 Å². The SMILES string of the molecule is CC(=O)N[C@@H]1CCCC(CNc2cc3c(S(C)(=O)=O)nc(C#N)cc3cn2)C1. The summed E-state index contributed by atoms with van der Waals surface area (Å²) in [4.78, 5) is 19.6. The van der Waals surface area contributed by atoms with Crippen molar-refractivity contribution in [3.63, 3.8) is 0 Å². The van der Waals surface area contributed by atoms with Crippen LogP contribution in [0.4, 0.5) is 5.82 Å². The summed E-state index contributed by atoms with van der Waals surface area (Å²) in [7, 11) is -3.59. The maximum Gasteiger partial charge on any atom is 0.217 e. The number of amides is 1. The Morgan fingerprint density at radius 3 is 2.82 bits per heavy atom. The third-order valence-electron chi connectivity index (χ3n) is 4.91. The van der Waals surface area contributed by atoms with Crippen LogP contribution < -0.4 is 10.6 Å². The number of aromatic nitrogens is 2. The first-order valence-corrected chi connectivity index (χ1v) is 11.1. The van der Waals surface area contributed by atoms with Gasteiger partial charge in [-0.1, -0.05) is 6.42 Å². The van der Waals surface area contributed by atoms with Gasteiger partial charge in [0.05, 0.1) is 0 Å². The number of sulfone groups is 1. The highest BCUT2D eigenvalue weighted by Gasteiger charge is 2.22. The minimum absolute atomic E-state index is 0.00709. The predicted octanol–water partition coefficient (Wildman–Crippen LogP) is 2.01. The number of pyridine rings is 2. The van der Waals surface area contributed by atoms with Crippen LogP contribution in [-0.2, 0) is 14.6 Å². The first-order chi connectivity index (χ1) is 13.3. The number of rotatable bonds is 5. The molecule has 0 bridgehead atoms. The fourth-order valence-electron chi connectivity index (χ4n) is 3.70. The van der Waals surface area contributed by atoms with Crippen molar-refractivity contribution in [3.8, 4) is 6.07 Å². The van der Waals surface area contributed by atoms with E-state index in [1.807, 2.05) is 6.07 Å². The van der Waals surface area contributed by atoms with Crippen LogP contribution in [0.5, 0.6) is 0 Å². The molecule has 2 N–H and O–H groups in total. The van der Waals surface area contributed by atoms with Gasteiger partial charge in [0.25, 0.3) is 0 Å². The lowest BCUT2D eigenvalue weighted by molar-refractivity contribution is -0.119. The number of anilines is 1. The van der Waals surface area contributed by atoms with Gasteiger partial charge in [-0.15, -0.1) is 0 Å². The van der Waals surface area contributed by atoms with Crippen LogP contribution >= 0.6 is 0 Å². The zero-order valence-corrected chi connectivity index (χ0v) is 16.7. The standard InChI is InChI=1S/C19H23N5O3S/c1-12(25)23-15-5-3-4-13(6-15)10-21-18-8-17-14(11-22-18)7-16(9-20)24-19(17)28(2,26)27/h7-8,11,13,15H,3-6,10H2,1-2H3,(H,21,22)(H,23,25)/t13?,15-/m1/s1. The maximum absolute atomic E-state index is 12.1. The third-order valence-corrected chi connectivity index (χ3v) is 5.92. The molecule has 148 valence electrons. The van der Waals surface area contributed by atoms with Gasteiger partial charge < -0.3 is 10.6 Å². The van der Waals surface area contributed by atoms with Gasteiger partial charge in [0.15, 0.2) is 14.9 Å². The zero-order chi connectivity index (χ0) is 20.3. The number of nitrogens with zero attached hydrogens (tertiary/aromatic N) is 3. The fourth-order valence-corrected chi connectivity index (χ4v) is 4.54. The smallest absolute Gasteiger partial charge is 0.217 e. The Kier molecular flexibility index (Phi) is 5.79.